The van der Waals surface area contributed by atoms with Crippen LogP contribution in [0.3, 0.4) is 0 Å². The fourth-order valence-corrected chi connectivity index (χ4v) is 2.42. The first-order chi connectivity index (χ1) is 9.97. The van der Waals surface area contributed by atoms with E-state index in [9.17, 15) is 18.4 Å². The predicted molar refractivity (Wildman–Crippen MR) is 70.3 cm³/mol. The normalized spacial score (nSPS) is 20.8. The van der Waals surface area contributed by atoms with Crippen LogP contribution in [0.15, 0.2) is 21.9 Å². The maximum absolute atomic E-state index is 12.7. The Kier molecular flexibility index (Phi) is 3.15. The van der Waals surface area contributed by atoms with Gasteiger partial charge in [0, 0.05) is 12.1 Å². The predicted octanol–water partition coefficient (Wildman–Crippen LogP) is 1.20. The summed E-state index contributed by atoms with van der Waals surface area (Å²) in [5.74, 6) is -0.907. The zero-order valence-electron chi connectivity index (χ0n) is 11.1. The van der Waals surface area contributed by atoms with Gasteiger partial charge in [0.25, 0.3) is 5.56 Å². The molecule has 0 aromatic carbocycles. The number of nitrogens with zero attached hydrogens (tertiary/aromatic N) is 2. The largest absolute Gasteiger partial charge is 0.325 e. The van der Waals surface area contributed by atoms with E-state index in [1.165, 1.54) is 6.20 Å². The molecule has 1 aliphatic carbocycles. The number of aromatic amines is 2. The van der Waals surface area contributed by atoms with E-state index in [2.05, 4.69) is 20.2 Å². The van der Waals surface area contributed by atoms with Crippen LogP contribution < -0.4 is 11.2 Å². The van der Waals surface area contributed by atoms with E-state index >= 15 is 0 Å². The average Bonchev–Trinajstić information content (AvgIpc) is 3.20. The number of alkyl halides is 2. The lowest BCUT2D eigenvalue weighted by atomic mass is 10.1. The topological polar surface area (TPSA) is 91.5 Å². The molecular weight excluding hydrogens is 282 g/mol. The van der Waals surface area contributed by atoms with Crippen molar-refractivity contribution in [2.24, 2.45) is 5.92 Å². The molecule has 3 rings (SSSR count). The third kappa shape index (κ3) is 2.48. The maximum atomic E-state index is 12.7. The number of hydrogen-bond acceptors (Lipinski definition) is 4. The molecular formula is C13H12F2N4O2. The van der Waals surface area contributed by atoms with Crippen LogP contribution in [0.1, 0.15) is 23.6 Å². The van der Waals surface area contributed by atoms with Crippen molar-refractivity contribution in [1.29, 1.82) is 0 Å². The Morgan fingerprint density at radius 3 is 2.71 bits per heavy atom. The highest BCUT2D eigenvalue weighted by Gasteiger charge is 2.46. The summed E-state index contributed by atoms with van der Waals surface area (Å²) in [4.78, 5) is 27.2. The molecule has 21 heavy (non-hydrogen) atoms. The summed E-state index contributed by atoms with van der Waals surface area (Å²) in [6.45, 7) is 1.70. The number of nitrogens with one attached hydrogen (secondary N) is 2. The maximum Gasteiger partial charge on any atom is 0.325 e. The third-order valence-electron chi connectivity index (χ3n) is 3.68. The number of aromatic nitrogens is 4. The standard InChI is InChI=1S/C13H12F2N4O2/c1-5-6(7-2-8(7)11(14)15)3-10(19-18-5)9-4-16-13(21)17-12(9)20/h3-4,7-8,11H,2H2,1H3,(H2,16,17,20,21)/t7?,8-/m0/s1. The second kappa shape index (κ2) is 4.87. The lowest BCUT2D eigenvalue weighted by Crippen LogP contribution is -2.23. The van der Waals surface area contributed by atoms with Crippen LogP contribution in [0.25, 0.3) is 11.3 Å². The Bertz CT molecular complexity index is 799. The molecule has 0 amide bonds. The number of H-pyrrole nitrogens is 2. The summed E-state index contributed by atoms with van der Waals surface area (Å²) < 4.78 is 25.4. The molecule has 1 saturated carbocycles. The van der Waals surface area contributed by atoms with Crippen molar-refractivity contribution >= 4 is 0 Å². The number of rotatable bonds is 3. The molecule has 0 bridgehead atoms. The Balaban J connectivity index is 2.02. The molecule has 2 atom stereocenters. The van der Waals surface area contributed by atoms with Gasteiger partial charge in [-0.2, -0.15) is 5.10 Å². The van der Waals surface area contributed by atoms with Crippen LogP contribution >= 0.6 is 0 Å². The molecule has 8 heteroatoms. The first-order valence-corrected chi connectivity index (χ1v) is 6.42. The zero-order valence-corrected chi connectivity index (χ0v) is 11.1. The van der Waals surface area contributed by atoms with E-state index in [1.807, 2.05) is 0 Å². The molecule has 6 nitrogen and oxygen atoms in total. The van der Waals surface area contributed by atoms with Crippen LogP contribution in [0.4, 0.5) is 8.78 Å². The van der Waals surface area contributed by atoms with E-state index in [4.69, 9.17) is 0 Å². The fourth-order valence-electron chi connectivity index (χ4n) is 2.42. The van der Waals surface area contributed by atoms with Gasteiger partial charge >= 0.3 is 5.69 Å². The van der Waals surface area contributed by atoms with Gasteiger partial charge in [-0.25, -0.2) is 13.6 Å². The summed E-state index contributed by atoms with van der Waals surface area (Å²) in [7, 11) is 0. The highest BCUT2D eigenvalue weighted by Crippen LogP contribution is 2.51. The lowest BCUT2D eigenvalue weighted by Gasteiger charge is -2.06. The van der Waals surface area contributed by atoms with Crippen LogP contribution in [0.2, 0.25) is 0 Å². The molecule has 2 heterocycles. The number of aryl methyl sites for hydroxylation is 1. The van der Waals surface area contributed by atoms with Gasteiger partial charge in [0.05, 0.1) is 11.3 Å². The number of hydrogen-bond donors (Lipinski definition) is 2. The minimum Gasteiger partial charge on any atom is -0.313 e. The highest BCUT2D eigenvalue weighted by molar-refractivity contribution is 5.57. The molecule has 0 aliphatic heterocycles. The van der Waals surface area contributed by atoms with Crippen molar-refractivity contribution in [2.45, 2.75) is 25.7 Å². The van der Waals surface area contributed by atoms with Gasteiger partial charge in [-0.1, -0.05) is 0 Å². The van der Waals surface area contributed by atoms with Crippen molar-refractivity contribution in [3.8, 4) is 11.3 Å². The zero-order chi connectivity index (χ0) is 15.1. The first kappa shape index (κ1) is 13.6. The molecule has 1 unspecified atom stereocenters. The van der Waals surface area contributed by atoms with Gasteiger partial charge in [-0.3, -0.25) is 9.78 Å². The second-order valence-electron chi connectivity index (χ2n) is 5.10. The van der Waals surface area contributed by atoms with Gasteiger partial charge in [-0.05, 0) is 30.9 Å². The molecule has 0 saturated heterocycles. The minimum absolute atomic E-state index is 0.151. The second-order valence-corrected chi connectivity index (χ2v) is 5.10. The van der Waals surface area contributed by atoms with Crippen LogP contribution in [0, 0.1) is 12.8 Å². The van der Waals surface area contributed by atoms with Gasteiger partial charge in [0.1, 0.15) is 5.69 Å². The number of halogens is 2. The van der Waals surface area contributed by atoms with Crippen molar-refractivity contribution in [3.63, 3.8) is 0 Å². The Morgan fingerprint density at radius 1 is 1.33 bits per heavy atom. The third-order valence-corrected chi connectivity index (χ3v) is 3.68. The molecule has 2 aromatic heterocycles. The summed E-state index contributed by atoms with van der Waals surface area (Å²) in [6, 6.07) is 1.60. The van der Waals surface area contributed by atoms with E-state index in [1.54, 1.807) is 13.0 Å². The van der Waals surface area contributed by atoms with Crippen molar-refractivity contribution in [2.75, 3.05) is 0 Å². The summed E-state index contributed by atoms with van der Waals surface area (Å²) in [6.07, 6.45) is -0.713. The van der Waals surface area contributed by atoms with Crippen molar-refractivity contribution in [3.05, 3.63) is 44.4 Å². The molecule has 0 spiro atoms. The lowest BCUT2D eigenvalue weighted by molar-refractivity contribution is 0.120. The van der Waals surface area contributed by atoms with Crippen molar-refractivity contribution < 1.29 is 8.78 Å². The monoisotopic (exact) mass is 294 g/mol. The average molecular weight is 294 g/mol. The quantitative estimate of drug-likeness (QED) is 0.889. The van der Waals surface area contributed by atoms with Gasteiger partial charge in [0.2, 0.25) is 6.43 Å². The summed E-state index contributed by atoms with van der Waals surface area (Å²) in [5.41, 5.74) is 0.447. The Labute approximate surface area is 117 Å². The van der Waals surface area contributed by atoms with E-state index in [-0.39, 0.29) is 17.2 Å². The van der Waals surface area contributed by atoms with Crippen LogP contribution in [-0.2, 0) is 0 Å². The molecule has 1 aliphatic rings. The van der Waals surface area contributed by atoms with E-state index in [0.29, 0.717) is 17.7 Å². The molecule has 2 aromatic rings. The highest BCUT2D eigenvalue weighted by atomic mass is 19.3. The first-order valence-electron chi connectivity index (χ1n) is 6.42. The van der Waals surface area contributed by atoms with Crippen LogP contribution in [0.5, 0.6) is 0 Å². The summed E-state index contributed by atoms with van der Waals surface area (Å²) in [5, 5.41) is 7.83. The molecule has 1 fully saturated rings. The fraction of sp³-hybridized carbons (Fsp3) is 0.385. The smallest absolute Gasteiger partial charge is 0.313 e. The van der Waals surface area contributed by atoms with Gasteiger partial charge in [-0.15, -0.1) is 5.10 Å². The SMILES string of the molecule is Cc1nnc(-c2c[nH]c(=O)[nH]c2=O)cc1C1C[C@@H]1C(F)F. The van der Waals surface area contributed by atoms with E-state index < -0.39 is 23.6 Å². The van der Waals surface area contributed by atoms with Gasteiger partial charge < -0.3 is 4.98 Å². The molecule has 2 N–H and O–H groups in total. The van der Waals surface area contributed by atoms with E-state index in [0.717, 1.165) is 0 Å². The molecule has 110 valence electrons. The van der Waals surface area contributed by atoms with Crippen molar-refractivity contribution in [1.82, 2.24) is 20.2 Å². The van der Waals surface area contributed by atoms with Crippen LogP contribution in [-0.4, -0.2) is 26.6 Å². The molecule has 0 radical (unpaired) electrons. The Hall–Kier alpha value is -2.38. The Morgan fingerprint density at radius 2 is 2.10 bits per heavy atom. The minimum atomic E-state index is -2.36. The summed E-state index contributed by atoms with van der Waals surface area (Å²) >= 11 is 0. The van der Waals surface area contributed by atoms with Gasteiger partial charge in [0.15, 0.2) is 0 Å².